The van der Waals surface area contributed by atoms with Crippen LogP contribution in [0.15, 0.2) is 51.8 Å². The first-order valence-electron chi connectivity index (χ1n) is 8.39. The first-order valence-corrected chi connectivity index (χ1v) is 10.3. The van der Waals surface area contributed by atoms with Crippen LogP contribution in [0.25, 0.3) is 11.0 Å². The molecule has 0 aliphatic carbocycles. The Morgan fingerprint density at radius 2 is 1.83 bits per heavy atom. The number of fused-ring (bicyclic) bond motifs is 1. The molecule has 8 nitrogen and oxygen atoms in total. The number of hydrogen-bond donors (Lipinski definition) is 1. The second-order valence-corrected chi connectivity index (χ2v) is 7.83. The number of carbonyl (C=O) groups is 2. The van der Waals surface area contributed by atoms with Crippen molar-refractivity contribution in [3.63, 3.8) is 0 Å². The molecule has 0 aliphatic heterocycles. The lowest BCUT2D eigenvalue weighted by Crippen LogP contribution is -2.14. The van der Waals surface area contributed by atoms with Crippen LogP contribution in [0.4, 0.5) is 0 Å². The summed E-state index contributed by atoms with van der Waals surface area (Å²) in [6.45, 7) is 1.51. The van der Waals surface area contributed by atoms with Gasteiger partial charge in [0.25, 0.3) is 0 Å². The quantitative estimate of drug-likeness (QED) is 0.586. The fourth-order valence-electron chi connectivity index (χ4n) is 2.67. The molecule has 0 aliphatic rings. The molecule has 1 aromatic heterocycles. The number of nitrogens with two attached hydrogens (primary N) is 1. The first kappa shape index (κ1) is 20.8. The Kier molecular flexibility index (Phi) is 5.92. The van der Waals surface area contributed by atoms with Gasteiger partial charge in [-0.05, 0) is 31.2 Å². The predicted octanol–water partition coefficient (Wildman–Crippen LogP) is 3.27. The third-order valence-corrected chi connectivity index (χ3v) is 5.37. The van der Waals surface area contributed by atoms with Crippen LogP contribution >= 0.6 is 11.6 Å². The summed E-state index contributed by atoms with van der Waals surface area (Å²) in [6.07, 6.45) is 0. The Morgan fingerprint density at radius 3 is 2.52 bits per heavy atom. The summed E-state index contributed by atoms with van der Waals surface area (Å²) in [7, 11) is -4.12. The van der Waals surface area contributed by atoms with Crippen LogP contribution in [0.3, 0.4) is 0 Å². The van der Waals surface area contributed by atoms with Gasteiger partial charge >= 0.3 is 11.9 Å². The molecule has 2 aromatic carbocycles. The smallest absolute Gasteiger partial charge is 0.374 e. The van der Waals surface area contributed by atoms with Crippen molar-refractivity contribution in [2.75, 3.05) is 6.61 Å². The van der Waals surface area contributed by atoms with Crippen molar-refractivity contribution < 1.29 is 31.9 Å². The van der Waals surface area contributed by atoms with E-state index < -0.39 is 26.9 Å². The Bertz CT molecular complexity index is 1200. The van der Waals surface area contributed by atoms with Crippen molar-refractivity contribution >= 4 is 44.5 Å². The SMILES string of the molecule is CCOC(=O)c1oc2ccccc2c1COC(=O)c1ccc(Cl)c(S(N)(=O)=O)c1. The van der Waals surface area contributed by atoms with Gasteiger partial charge in [0.1, 0.15) is 17.1 Å². The van der Waals surface area contributed by atoms with Gasteiger partial charge in [-0.15, -0.1) is 0 Å². The molecule has 0 unspecified atom stereocenters. The maximum absolute atomic E-state index is 12.4. The van der Waals surface area contributed by atoms with Crippen LogP contribution in [0.1, 0.15) is 33.4 Å². The number of primary sulfonamides is 1. The largest absolute Gasteiger partial charge is 0.460 e. The first-order chi connectivity index (χ1) is 13.7. The molecule has 29 heavy (non-hydrogen) atoms. The molecule has 3 aromatic rings. The highest BCUT2D eigenvalue weighted by Crippen LogP contribution is 2.28. The fraction of sp³-hybridized carbons (Fsp3) is 0.158. The topological polar surface area (TPSA) is 126 Å². The molecule has 0 radical (unpaired) electrons. The van der Waals surface area contributed by atoms with Gasteiger partial charge < -0.3 is 13.9 Å². The number of halogens is 1. The van der Waals surface area contributed by atoms with Crippen molar-refractivity contribution in [1.29, 1.82) is 0 Å². The highest BCUT2D eigenvalue weighted by atomic mass is 35.5. The minimum absolute atomic E-state index is 0.0658. The number of furan rings is 1. The summed E-state index contributed by atoms with van der Waals surface area (Å²) in [6, 6.07) is 10.4. The van der Waals surface area contributed by atoms with E-state index in [9.17, 15) is 18.0 Å². The fourth-order valence-corrected chi connectivity index (χ4v) is 3.74. The molecule has 0 atom stereocenters. The zero-order chi connectivity index (χ0) is 21.2. The molecule has 1 heterocycles. The van der Waals surface area contributed by atoms with Crippen molar-refractivity contribution in [2.45, 2.75) is 18.4 Å². The Balaban J connectivity index is 1.90. The van der Waals surface area contributed by atoms with Gasteiger partial charge in [-0.1, -0.05) is 29.8 Å². The van der Waals surface area contributed by atoms with Crippen LogP contribution < -0.4 is 5.14 Å². The van der Waals surface area contributed by atoms with E-state index in [0.717, 1.165) is 6.07 Å². The second kappa shape index (κ2) is 8.24. The minimum Gasteiger partial charge on any atom is -0.460 e. The van der Waals surface area contributed by atoms with Crippen LogP contribution in [0, 0.1) is 0 Å². The van der Waals surface area contributed by atoms with Crippen LogP contribution in [-0.4, -0.2) is 27.0 Å². The second-order valence-electron chi connectivity index (χ2n) is 5.89. The number of esters is 2. The summed E-state index contributed by atoms with van der Waals surface area (Å²) in [5.41, 5.74) is 0.710. The van der Waals surface area contributed by atoms with E-state index in [0.29, 0.717) is 16.5 Å². The van der Waals surface area contributed by atoms with Gasteiger partial charge in [0.15, 0.2) is 0 Å². The molecule has 10 heteroatoms. The molecule has 152 valence electrons. The monoisotopic (exact) mass is 437 g/mol. The number of para-hydroxylation sites is 1. The average Bonchev–Trinajstić information content (AvgIpc) is 3.04. The van der Waals surface area contributed by atoms with Gasteiger partial charge in [0, 0.05) is 5.39 Å². The minimum atomic E-state index is -4.12. The maximum atomic E-state index is 12.4. The maximum Gasteiger partial charge on any atom is 0.374 e. The molecular weight excluding hydrogens is 422 g/mol. The third kappa shape index (κ3) is 4.42. The zero-order valence-corrected chi connectivity index (χ0v) is 16.7. The van der Waals surface area contributed by atoms with E-state index in [-0.39, 0.29) is 29.6 Å². The lowest BCUT2D eigenvalue weighted by molar-refractivity contribution is 0.0435. The van der Waals surface area contributed by atoms with Gasteiger partial charge in [-0.2, -0.15) is 0 Å². The van der Waals surface area contributed by atoms with E-state index in [2.05, 4.69) is 0 Å². The highest BCUT2D eigenvalue weighted by Gasteiger charge is 2.23. The Labute approximate surface area is 171 Å². The summed E-state index contributed by atoms with van der Waals surface area (Å²) in [4.78, 5) is 24.2. The number of rotatable bonds is 6. The lowest BCUT2D eigenvalue weighted by atomic mass is 10.1. The highest BCUT2D eigenvalue weighted by molar-refractivity contribution is 7.89. The summed E-state index contributed by atoms with van der Waals surface area (Å²) >= 11 is 5.82. The molecule has 0 spiro atoms. The standard InChI is InChI=1S/C19H16ClNO7S/c1-2-26-19(23)17-13(12-5-3-4-6-15(12)28-17)10-27-18(22)11-7-8-14(20)16(9-11)29(21,24)25/h3-9H,2,10H2,1H3,(H2,21,24,25). The third-order valence-electron chi connectivity index (χ3n) is 3.98. The van der Waals surface area contributed by atoms with Crippen molar-refractivity contribution in [1.82, 2.24) is 0 Å². The van der Waals surface area contributed by atoms with Crippen molar-refractivity contribution in [2.24, 2.45) is 5.14 Å². The van der Waals surface area contributed by atoms with E-state index in [1.807, 2.05) is 0 Å². The Hall–Kier alpha value is -2.88. The number of sulfonamides is 1. The summed E-state index contributed by atoms with van der Waals surface area (Å²) in [5, 5.41) is 5.56. The van der Waals surface area contributed by atoms with Crippen molar-refractivity contribution in [3.05, 3.63) is 64.4 Å². The van der Waals surface area contributed by atoms with Gasteiger partial charge in [-0.3, -0.25) is 0 Å². The molecule has 0 amide bonds. The molecule has 3 rings (SSSR count). The Morgan fingerprint density at radius 1 is 1.10 bits per heavy atom. The van der Waals surface area contributed by atoms with Gasteiger partial charge in [0.05, 0.1) is 22.8 Å². The van der Waals surface area contributed by atoms with E-state index in [1.54, 1.807) is 31.2 Å². The molecule has 0 saturated heterocycles. The molecule has 0 saturated carbocycles. The molecule has 0 bridgehead atoms. The zero-order valence-electron chi connectivity index (χ0n) is 15.2. The van der Waals surface area contributed by atoms with Crippen LogP contribution in [0.2, 0.25) is 5.02 Å². The van der Waals surface area contributed by atoms with Crippen LogP contribution in [0.5, 0.6) is 0 Å². The van der Waals surface area contributed by atoms with E-state index in [4.69, 9.17) is 30.6 Å². The number of hydrogen-bond acceptors (Lipinski definition) is 7. The lowest BCUT2D eigenvalue weighted by Gasteiger charge is -2.08. The number of benzene rings is 2. The van der Waals surface area contributed by atoms with E-state index in [1.165, 1.54) is 12.1 Å². The van der Waals surface area contributed by atoms with Crippen molar-refractivity contribution in [3.8, 4) is 0 Å². The molecular formula is C19H16ClNO7S. The summed E-state index contributed by atoms with van der Waals surface area (Å²) in [5.74, 6) is -1.58. The van der Waals surface area contributed by atoms with Crippen LogP contribution in [-0.2, 0) is 26.1 Å². The summed E-state index contributed by atoms with van der Waals surface area (Å²) < 4.78 is 39.0. The predicted molar refractivity (Wildman–Crippen MR) is 104 cm³/mol. The molecule has 0 fully saturated rings. The molecule has 2 N–H and O–H groups in total. The van der Waals surface area contributed by atoms with Gasteiger partial charge in [0.2, 0.25) is 15.8 Å². The number of carbonyl (C=O) groups excluding carboxylic acids is 2. The normalized spacial score (nSPS) is 11.4. The average molecular weight is 438 g/mol. The van der Waals surface area contributed by atoms with Gasteiger partial charge in [-0.25, -0.2) is 23.1 Å². The number of ether oxygens (including phenoxy) is 2. The van der Waals surface area contributed by atoms with E-state index >= 15 is 0 Å².